The largest absolute Gasteiger partial charge is 0.458 e. The molecular weight excluding hydrogens is 488 g/mol. The van der Waals surface area contributed by atoms with Crippen LogP contribution in [0.15, 0.2) is 66.7 Å². The van der Waals surface area contributed by atoms with Crippen LogP contribution < -0.4 is 0 Å². The maximum Gasteiger partial charge on any atom is 0.334 e. The molecule has 0 radical (unpaired) electrons. The van der Waals surface area contributed by atoms with Gasteiger partial charge in [0, 0.05) is 18.1 Å². The zero-order valence-electron chi connectivity index (χ0n) is 21.0. The molecule has 2 heterocycles. The summed E-state index contributed by atoms with van der Waals surface area (Å²) < 4.78 is 5.81. The number of carbonyl (C=O) groups excluding carboxylic acids is 4. The lowest BCUT2D eigenvalue weighted by atomic mass is 9.96. The molecule has 0 aromatic heterocycles. The third-order valence-corrected chi connectivity index (χ3v) is 7.54. The lowest BCUT2D eigenvalue weighted by Crippen LogP contribution is -2.53. The molecule has 0 saturated carbocycles. The van der Waals surface area contributed by atoms with E-state index in [9.17, 15) is 19.2 Å². The van der Waals surface area contributed by atoms with Gasteiger partial charge in [0.2, 0.25) is 5.91 Å². The number of amides is 3. The highest BCUT2D eigenvalue weighted by molar-refractivity contribution is 7.99. The van der Waals surface area contributed by atoms with Crippen LogP contribution in [0, 0.1) is 0 Å². The first-order valence-electron chi connectivity index (χ1n) is 12.2. The van der Waals surface area contributed by atoms with E-state index in [1.54, 1.807) is 45.0 Å². The minimum Gasteiger partial charge on any atom is -0.458 e. The smallest absolute Gasteiger partial charge is 0.334 e. The Morgan fingerprint density at radius 2 is 1.54 bits per heavy atom. The first-order chi connectivity index (χ1) is 17.7. The number of esters is 1. The van der Waals surface area contributed by atoms with Crippen molar-refractivity contribution in [2.45, 2.75) is 38.5 Å². The standard InChI is InChI=1S/C29H28N2O5S/c1-29(2,3)36-28(35)24(20-14-8-10-18-9-4-5-11-19(18)20)30-15-16-37-17-23(27(30)34)31-25(32)21-12-6-7-13-22(21)26(31)33/h4-14,23-24H,15-17H2,1-3H3. The Labute approximate surface area is 219 Å². The third kappa shape index (κ3) is 4.62. The maximum atomic E-state index is 14.2. The monoisotopic (exact) mass is 516 g/mol. The molecule has 0 spiro atoms. The number of hydrogen-bond donors (Lipinski definition) is 0. The Hall–Kier alpha value is -3.65. The summed E-state index contributed by atoms with van der Waals surface area (Å²) in [6, 6.07) is 17.8. The van der Waals surface area contributed by atoms with Crippen LogP contribution >= 0.6 is 11.8 Å². The van der Waals surface area contributed by atoms with Crippen LogP contribution in [0.4, 0.5) is 0 Å². The molecule has 190 valence electrons. The minimum absolute atomic E-state index is 0.261. The number of imide groups is 1. The zero-order valence-corrected chi connectivity index (χ0v) is 21.8. The minimum atomic E-state index is -1.03. The van der Waals surface area contributed by atoms with E-state index in [1.165, 1.54) is 16.7 Å². The number of thioether (sulfide) groups is 1. The van der Waals surface area contributed by atoms with Crippen molar-refractivity contribution in [3.05, 3.63) is 83.4 Å². The van der Waals surface area contributed by atoms with Crippen molar-refractivity contribution in [3.63, 3.8) is 0 Å². The van der Waals surface area contributed by atoms with Gasteiger partial charge in [-0.25, -0.2) is 4.79 Å². The van der Waals surface area contributed by atoms with Gasteiger partial charge in [0.15, 0.2) is 6.04 Å². The lowest BCUT2D eigenvalue weighted by molar-refractivity contribution is -0.165. The van der Waals surface area contributed by atoms with Crippen LogP contribution in [-0.4, -0.2) is 63.2 Å². The summed E-state index contributed by atoms with van der Waals surface area (Å²) in [6.45, 7) is 5.63. The van der Waals surface area contributed by atoms with Gasteiger partial charge >= 0.3 is 5.97 Å². The molecule has 2 unspecified atom stereocenters. The number of fused-ring (bicyclic) bond motifs is 2. The Kier molecular flexibility index (Phi) is 6.54. The van der Waals surface area contributed by atoms with E-state index in [0.717, 1.165) is 15.7 Å². The number of benzene rings is 3. The van der Waals surface area contributed by atoms with E-state index in [0.29, 0.717) is 22.4 Å². The van der Waals surface area contributed by atoms with Crippen molar-refractivity contribution in [2.24, 2.45) is 0 Å². The molecular formula is C29H28N2O5S. The van der Waals surface area contributed by atoms with Crippen molar-refractivity contribution in [2.75, 3.05) is 18.1 Å². The summed E-state index contributed by atoms with van der Waals surface area (Å²) >= 11 is 1.48. The molecule has 1 saturated heterocycles. The van der Waals surface area contributed by atoms with E-state index in [2.05, 4.69) is 0 Å². The number of hydrogen-bond acceptors (Lipinski definition) is 6. The predicted molar refractivity (Wildman–Crippen MR) is 142 cm³/mol. The maximum absolute atomic E-state index is 14.2. The fourth-order valence-electron chi connectivity index (χ4n) is 4.93. The van der Waals surface area contributed by atoms with Gasteiger partial charge in [-0.3, -0.25) is 19.3 Å². The molecule has 3 aromatic rings. The second kappa shape index (κ2) is 9.67. The second-order valence-electron chi connectivity index (χ2n) is 10.2. The topological polar surface area (TPSA) is 84.0 Å². The highest BCUT2D eigenvalue weighted by Gasteiger charge is 2.47. The molecule has 37 heavy (non-hydrogen) atoms. The Bertz CT molecular complexity index is 1370. The van der Waals surface area contributed by atoms with Crippen LogP contribution in [0.25, 0.3) is 10.8 Å². The molecule has 5 rings (SSSR count). The van der Waals surface area contributed by atoms with Gasteiger partial charge in [0.25, 0.3) is 11.8 Å². The predicted octanol–water partition coefficient (Wildman–Crippen LogP) is 4.46. The van der Waals surface area contributed by atoms with E-state index < -0.39 is 41.4 Å². The van der Waals surface area contributed by atoms with E-state index in [1.807, 2.05) is 42.5 Å². The zero-order chi connectivity index (χ0) is 26.3. The molecule has 3 amide bonds. The summed E-state index contributed by atoms with van der Waals surface area (Å²) in [4.78, 5) is 56.9. The molecule has 2 atom stereocenters. The van der Waals surface area contributed by atoms with Crippen molar-refractivity contribution in [1.82, 2.24) is 9.80 Å². The number of nitrogens with zero attached hydrogens (tertiary/aromatic N) is 2. The van der Waals surface area contributed by atoms with Crippen molar-refractivity contribution in [3.8, 4) is 0 Å². The van der Waals surface area contributed by atoms with Crippen LogP contribution in [0.1, 0.15) is 53.1 Å². The second-order valence-corrected chi connectivity index (χ2v) is 11.3. The van der Waals surface area contributed by atoms with Crippen LogP contribution in [0.2, 0.25) is 0 Å². The molecule has 7 nitrogen and oxygen atoms in total. The van der Waals surface area contributed by atoms with Gasteiger partial charge in [-0.1, -0.05) is 54.6 Å². The number of carbonyl (C=O) groups is 4. The van der Waals surface area contributed by atoms with Crippen molar-refractivity contribution < 1.29 is 23.9 Å². The molecule has 0 bridgehead atoms. The summed E-state index contributed by atoms with van der Waals surface area (Å²) in [7, 11) is 0. The Morgan fingerprint density at radius 1 is 0.919 bits per heavy atom. The first kappa shape index (κ1) is 25.0. The van der Waals surface area contributed by atoms with Gasteiger partial charge in [-0.2, -0.15) is 11.8 Å². The molecule has 3 aromatic carbocycles. The van der Waals surface area contributed by atoms with E-state index >= 15 is 0 Å². The molecule has 1 fully saturated rings. The van der Waals surface area contributed by atoms with Crippen LogP contribution in [-0.2, 0) is 14.3 Å². The van der Waals surface area contributed by atoms with Gasteiger partial charge < -0.3 is 9.64 Å². The first-order valence-corrected chi connectivity index (χ1v) is 13.4. The van der Waals surface area contributed by atoms with Crippen LogP contribution in [0.5, 0.6) is 0 Å². The average molecular weight is 517 g/mol. The van der Waals surface area contributed by atoms with Gasteiger partial charge in [-0.15, -0.1) is 0 Å². The fraction of sp³-hybridized carbons (Fsp3) is 0.310. The summed E-state index contributed by atoms with van der Waals surface area (Å²) in [5.74, 6) is -1.15. The number of ether oxygens (including phenoxy) is 1. The average Bonchev–Trinajstić information content (AvgIpc) is 2.98. The molecule has 2 aliphatic rings. The third-order valence-electron chi connectivity index (χ3n) is 6.52. The summed E-state index contributed by atoms with van der Waals surface area (Å²) in [6.07, 6.45) is 0. The lowest BCUT2D eigenvalue weighted by Gasteiger charge is -2.35. The highest BCUT2D eigenvalue weighted by Crippen LogP contribution is 2.35. The normalized spacial score (nSPS) is 19.1. The molecule has 2 aliphatic heterocycles. The molecule has 8 heteroatoms. The Balaban J connectivity index is 1.58. The van der Waals surface area contributed by atoms with Crippen LogP contribution in [0.3, 0.4) is 0 Å². The summed E-state index contributed by atoms with van der Waals surface area (Å²) in [5.41, 5.74) is 0.456. The van der Waals surface area contributed by atoms with Gasteiger partial charge in [0.1, 0.15) is 11.6 Å². The number of rotatable bonds is 4. The van der Waals surface area contributed by atoms with Gasteiger partial charge in [-0.05, 0) is 49.2 Å². The Morgan fingerprint density at radius 3 is 2.22 bits per heavy atom. The summed E-state index contributed by atoms with van der Waals surface area (Å²) in [5, 5.41) is 1.77. The fourth-order valence-corrected chi connectivity index (χ4v) is 5.94. The molecule has 0 N–H and O–H groups in total. The highest BCUT2D eigenvalue weighted by atomic mass is 32.2. The quantitative estimate of drug-likeness (QED) is 0.376. The van der Waals surface area contributed by atoms with E-state index in [4.69, 9.17) is 4.74 Å². The van der Waals surface area contributed by atoms with E-state index in [-0.39, 0.29) is 12.3 Å². The SMILES string of the molecule is CC(C)(C)OC(=O)C(c1cccc2ccccc12)N1CCSCC(N2C(=O)c3ccccc3C2=O)C1=O. The van der Waals surface area contributed by atoms with Gasteiger partial charge in [0.05, 0.1) is 11.1 Å². The molecule has 0 aliphatic carbocycles. The van der Waals surface area contributed by atoms with Crippen molar-refractivity contribution >= 4 is 46.2 Å². The van der Waals surface area contributed by atoms with Crippen molar-refractivity contribution in [1.29, 1.82) is 0 Å².